The molecule has 0 aromatic heterocycles. The van der Waals surface area contributed by atoms with Crippen molar-refractivity contribution in [1.82, 2.24) is 9.80 Å². The molecule has 0 bridgehead atoms. The third kappa shape index (κ3) is 6.21. The molecule has 2 heterocycles. The van der Waals surface area contributed by atoms with Crippen molar-refractivity contribution >= 4 is 5.91 Å². The second-order valence-corrected chi connectivity index (χ2v) is 8.96. The van der Waals surface area contributed by atoms with Crippen LogP contribution in [0.4, 0.5) is 8.78 Å². The van der Waals surface area contributed by atoms with Gasteiger partial charge in [-0.1, -0.05) is 19.9 Å². The fourth-order valence-corrected chi connectivity index (χ4v) is 4.24. The van der Waals surface area contributed by atoms with Crippen molar-refractivity contribution in [2.24, 2.45) is 5.92 Å². The molecule has 2 aliphatic heterocycles. The van der Waals surface area contributed by atoms with Crippen LogP contribution in [-0.2, 0) is 22.6 Å². The van der Waals surface area contributed by atoms with Crippen LogP contribution < -0.4 is 9.47 Å². The quantitative estimate of drug-likeness (QED) is 0.632. The van der Waals surface area contributed by atoms with E-state index in [0.717, 1.165) is 11.6 Å². The Balaban J connectivity index is 1.44. The maximum Gasteiger partial charge on any atom is 0.253 e. The van der Waals surface area contributed by atoms with Crippen LogP contribution in [0.25, 0.3) is 0 Å². The van der Waals surface area contributed by atoms with E-state index >= 15 is 0 Å². The highest BCUT2D eigenvalue weighted by molar-refractivity contribution is 5.81. The fraction of sp³-hybridized carbons (Fsp3) is 0.480. The Morgan fingerprint density at radius 3 is 2.48 bits per heavy atom. The molecule has 1 atom stereocenters. The number of hydrogen-bond donors (Lipinski definition) is 0. The summed E-state index contributed by atoms with van der Waals surface area (Å²) < 4.78 is 44.2. The minimum atomic E-state index is -0.631. The largest absolute Gasteiger partial charge is 0.486 e. The second kappa shape index (κ2) is 10.5. The van der Waals surface area contributed by atoms with E-state index in [1.165, 1.54) is 12.1 Å². The summed E-state index contributed by atoms with van der Waals surface area (Å²) in [5.74, 6) is 0.390. The zero-order chi connectivity index (χ0) is 23.4. The number of rotatable bonds is 7. The third-order valence-electron chi connectivity index (χ3n) is 5.63. The lowest BCUT2D eigenvalue weighted by molar-refractivity contribution is -0.151. The normalized spacial score (nSPS) is 18.4. The van der Waals surface area contributed by atoms with Crippen molar-refractivity contribution in [1.29, 1.82) is 0 Å². The van der Waals surface area contributed by atoms with E-state index < -0.39 is 17.7 Å². The van der Waals surface area contributed by atoms with Crippen LogP contribution in [0.1, 0.15) is 25.0 Å². The Bertz CT molecular complexity index is 965. The minimum Gasteiger partial charge on any atom is -0.486 e. The molecule has 1 amide bonds. The third-order valence-corrected chi connectivity index (χ3v) is 5.63. The number of nitrogens with zero attached hydrogens (tertiary/aromatic N) is 2. The van der Waals surface area contributed by atoms with Gasteiger partial charge < -0.3 is 19.1 Å². The topological polar surface area (TPSA) is 51.2 Å². The lowest BCUT2D eigenvalue weighted by atomic mass is 10.1. The predicted octanol–water partition coefficient (Wildman–Crippen LogP) is 3.62. The number of carbonyl (C=O) groups excluding carboxylic acids is 1. The summed E-state index contributed by atoms with van der Waals surface area (Å²) in [4.78, 5) is 17.2. The fourth-order valence-electron chi connectivity index (χ4n) is 4.24. The van der Waals surface area contributed by atoms with Gasteiger partial charge in [-0.05, 0) is 41.3 Å². The molecular formula is C25H30F2N2O4. The van der Waals surface area contributed by atoms with Gasteiger partial charge in [0, 0.05) is 38.8 Å². The van der Waals surface area contributed by atoms with Crippen LogP contribution in [0.2, 0.25) is 0 Å². The van der Waals surface area contributed by atoms with Crippen LogP contribution in [0.15, 0.2) is 36.4 Å². The van der Waals surface area contributed by atoms with E-state index in [4.69, 9.17) is 14.2 Å². The molecular weight excluding hydrogens is 430 g/mol. The smallest absolute Gasteiger partial charge is 0.253 e. The van der Waals surface area contributed by atoms with Crippen molar-refractivity contribution in [3.05, 3.63) is 59.2 Å². The zero-order valence-corrected chi connectivity index (χ0v) is 19.1. The van der Waals surface area contributed by atoms with Crippen molar-refractivity contribution in [3.63, 3.8) is 0 Å². The van der Waals surface area contributed by atoms with E-state index in [1.54, 1.807) is 0 Å². The highest BCUT2D eigenvalue weighted by Crippen LogP contribution is 2.31. The number of ether oxygens (including phenoxy) is 3. The molecule has 2 aliphatic rings. The predicted molar refractivity (Wildman–Crippen MR) is 119 cm³/mol. The molecule has 0 saturated carbocycles. The monoisotopic (exact) mass is 460 g/mol. The van der Waals surface area contributed by atoms with Crippen LogP contribution in [0.5, 0.6) is 11.5 Å². The van der Waals surface area contributed by atoms with Crippen molar-refractivity contribution < 1.29 is 27.8 Å². The maximum atomic E-state index is 13.6. The Morgan fingerprint density at radius 2 is 1.76 bits per heavy atom. The molecule has 4 rings (SSSR count). The molecule has 6 nitrogen and oxygen atoms in total. The summed E-state index contributed by atoms with van der Waals surface area (Å²) in [6, 6.07) is 9.24. The molecule has 0 radical (unpaired) electrons. The van der Waals surface area contributed by atoms with E-state index in [0.29, 0.717) is 69.6 Å². The summed E-state index contributed by atoms with van der Waals surface area (Å²) in [6.45, 7) is 7.88. The first-order valence-corrected chi connectivity index (χ1v) is 11.3. The van der Waals surface area contributed by atoms with Gasteiger partial charge in [-0.2, -0.15) is 0 Å². The van der Waals surface area contributed by atoms with Gasteiger partial charge in [0.15, 0.2) is 11.5 Å². The van der Waals surface area contributed by atoms with E-state index in [1.807, 2.05) is 28.0 Å². The Morgan fingerprint density at radius 1 is 1.03 bits per heavy atom. The van der Waals surface area contributed by atoms with Crippen LogP contribution >= 0.6 is 0 Å². The molecule has 0 spiro atoms. The molecule has 0 aliphatic carbocycles. The summed E-state index contributed by atoms with van der Waals surface area (Å²) >= 11 is 0. The standard InChI is InChI=1S/C25H30F2N2O4/c1-17(2)13-29(15-18-3-4-22-23(11-18)33-8-7-32-22)25(30)24-16-28(5-6-31-24)14-19-9-20(26)12-21(27)10-19/h3-4,9-12,17,24H,5-8,13-16H2,1-2H3. The lowest BCUT2D eigenvalue weighted by Gasteiger charge is -2.35. The highest BCUT2D eigenvalue weighted by atomic mass is 19.1. The van der Waals surface area contributed by atoms with Gasteiger partial charge >= 0.3 is 0 Å². The number of morpholine rings is 1. The van der Waals surface area contributed by atoms with Gasteiger partial charge in [0.1, 0.15) is 31.0 Å². The first-order chi connectivity index (χ1) is 15.9. The Labute approximate surface area is 193 Å². The molecule has 1 fully saturated rings. The molecule has 8 heteroatoms. The molecule has 2 aromatic carbocycles. The molecule has 178 valence electrons. The number of amides is 1. The average molecular weight is 461 g/mol. The molecule has 0 N–H and O–H groups in total. The van der Waals surface area contributed by atoms with Crippen LogP contribution in [0.3, 0.4) is 0 Å². The first kappa shape index (κ1) is 23.4. The second-order valence-electron chi connectivity index (χ2n) is 8.96. The van der Waals surface area contributed by atoms with Gasteiger partial charge in [0.2, 0.25) is 0 Å². The van der Waals surface area contributed by atoms with E-state index in [9.17, 15) is 13.6 Å². The van der Waals surface area contributed by atoms with Gasteiger partial charge in [0.05, 0.1) is 6.61 Å². The molecule has 33 heavy (non-hydrogen) atoms. The Hall–Kier alpha value is -2.71. The van der Waals surface area contributed by atoms with Gasteiger partial charge in [-0.25, -0.2) is 8.78 Å². The van der Waals surface area contributed by atoms with Crippen molar-refractivity contribution in [2.45, 2.75) is 33.0 Å². The van der Waals surface area contributed by atoms with Gasteiger partial charge in [-0.15, -0.1) is 0 Å². The number of hydrogen-bond acceptors (Lipinski definition) is 5. The minimum absolute atomic E-state index is 0.0892. The number of benzene rings is 2. The van der Waals surface area contributed by atoms with Crippen LogP contribution in [0, 0.1) is 17.6 Å². The van der Waals surface area contributed by atoms with Crippen LogP contribution in [-0.4, -0.2) is 61.3 Å². The summed E-state index contributed by atoms with van der Waals surface area (Å²) in [7, 11) is 0. The average Bonchev–Trinajstić information content (AvgIpc) is 2.77. The summed E-state index contributed by atoms with van der Waals surface area (Å²) in [5, 5.41) is 0. The molecule has 1 unspecified atom stereocenters. The van der Waals surface area contributed by atoms with E-state index in [-0.39, 0.29) is 11.8 Å². The first-order valence-electron chi connectivity index (χ1n) is 11.3. The van der Waals surface area contributed by atoms with Gasteiger partial charge in [0.25, 0.3) is 5.91 Å². The number of carbonyl (C=O) groups is 1. The Kier molecular flexibility index (Phi) is 7.45. The maximum absolute atomic E-state index is 13.6. The molecule has 2 aromatic rings. The summed E-state index contributed by atoms with van der Waals surface area (Å²) in [5.41, 5.74) is 1.49. The van der Waals surface area contributed by atoms with E-state index in [2.05, 4.69) is 13.8 Å². The summed E-state index contributed by atoms with van der Waals surface area (Å²) in [6.07, 6.45) is -0.631. The highest BCUT2D eigenvalue weighted by Gasteiger charge is 2.31. The SMILES string of the molecule is CC(C)CN(Cc1ccc2c(c1)OCCO2)C(=O)C1CN(Cc2cc(F)cc(F)c2)CCO1. The van der Waals surface area contributed by atoms with Crippen molar-refractivity contribution in [3.8, 4) is 11.5 Å². The van der Waals surface area contributed by atoms with Gasteiger partial charge in [-0.3, -0.25) is 9.69 Å². The number of fused-ring (bicyclic) bond motifs is 1. The lowest BCUT2D eigenvalue weighted by Crippen LogP contribution is -2.51. The number of halogens is 2. The zero-order valence-electron chi connectivity index (χ0n) is 19.1. The molecule has 1 saturated heterocycles. The van der Waals surface area contributed by atoms with Crippen molar-refractivity contribution in [2.75, 3.05) is 39.5 Å².